The van der Waals surface area contributed by atoms with Gasteiger partial charge in [-0.1, -0.05) is 43.7 Å². The van der Waals surface area contributed by atoms with E-state index < -0.39 is 144 Å². The average Bonchev–Trinajstić information content (AvgIpc) is 3.26. The van der Waals surface area contributed by atoms with Crippen LogP contribution in [0.15, 0.2) is 48.9 Å². The van der Waals surface area contributed by atoms with Crippen molar-refractivity contribution in [2.45, 2.75) is 32.7 Å². The van der Waals surface area contributed by atoms with Gasteiger partial charge in [0.2, 0.25) is 0 Å². The van der Waals surface area contributed by atoms with Gasteiger partial charge in [-0.05, 0) is 6.42 Å². The third-order valence-electron chi connectivity index (χ3n) is 9.61. The quantitative estimate of drug-likeness (QED) is 0.0468. The molecule has 0 bridgehead atoms. The van der Waals surface area contributed by atoms with Crippen molar-refractivity contribution in [1.29, 1.82) is 0 Å². The van der Waals surface area contributed by atoms with Gasteiger partial charge in [-0.3, -0.25) is 4.98 Å². The first-order valence-corrected chi connectivity index (χ1v) is 17.2. The molecular weight excluding hydrogens is 887 g/mol. The van der Waals surface area contributed by atoms with Crippen LogP contribution in [0.2, 0.25) is 0 Å². The van der Waals surface area contributed by atoms with Crippen molar-refractivity contribution >= 4 is 28.0 Å². The molecule has 0 amide bonds. The van der Waals surface area contributed by atoms with Crippen molar-refractivity contribution in [1.82, 2.24) is 4.98 Å². The molecule has 0 atom stereocenters. The molecule has 1 heterocycles. The zero-order valence-electron chi connectivity index (χ0n) is 30.5. The minimum atomic E-state index is -7.22. The van der Waals surface area contributed by atoms with Gasteiger partial charge in [-0.25, -0.2) is 87.8 Å². The minimum Gasteiger partial charge on any atom is -0.252 e. The number of unbranched alkanes of at least 4 members (excludes halogenated alkanes) is 1. The summed E-state index contributed by atoms with van der Waals surface area (Å²) in [4.78, 5) is 4.22. The standard InChI is InChI=1S/C24BF20.C15H19N2/c26-5-1(6(27)14(35)21(42)13(5)34)25(2-7(28)15(36)22(43)16(37)8(2)29,3-9(30)17(38)23(44)18(39)10(3)31)4-11(32)19(40)24(45)20(41)12(4)33;1-2-3-9-15-12-16-10-11-17(15)13-14-7-5-4-6-8-14/h;4-8,10-12H,2-3,9,13H2,1H3/q-1;+1. The summed E-state index contributed by atoms with van der Waals surface area (Å²) < 4.78 is 296. The van der Waals surface area contributed by atoms with E-state index in [0.717, 1.165) is 13.0 Å². The first-order valence-electron chi connectivity index (χ1n) is 17.2. The van der Waals surface area contributed by atoms with Crippen LogP contribution in [0.3, 0.4) is 0 Å². The largest absolute Gasteiger partial charge is 0.252 e. The highest BCUT2D eigenvalue weighted by atomic mass is 19.2. The minimum absolute atomic E-state index is 0.933. The topological polar surface area (TPSA) is 16.8 Å². The predicted octanol–water partition coefficient (Wildman–Crippen LogP) is 8.61. The fourth-order valence-corrected chi connectivity index (χ4v) is 6.79. The van der Waals surface area contributed by atoms with Crippen LogP contribution in [0.1, 0.15) is 31.0 Å². The van der Waals surface area contributed by atoms with Gasteiger partial charge >= 0.3 is 0 Å². The summed E-state index contributed by atoms with van der Waals surface area (Å²) in [6, 6.07) is 10.6. The van der Waals surface area contributed by atoms with Crippen molar-refractivity contribution in [3.8, 4) is 0 Å². The molecule has 0 saturated carbocycles. The highest BCUT2D eigenvalue weighted by Gasteiger charge is 2.52. The van der Waals surface area contributed by atoms with Crippen molar-refractivity contribution in [3.05, 3.63) is 177 Å². The maximum absolute atomic E-state index is 15.4. The molecule has 62 heavy (non-hydrogen) atoms. The van der Waals surface area contributed by atoms with Gasteiger partial charge < -0.3 is 0 Å². The van der Waals surface area contributed by atoms with Gasteiger partial charge in [-0.2, -0.15) is 4.57 Å². The Balaban J connectivity index is 0.000000355. The summed E-state index contributed by atoms with van der Waals surface area (Å²) in [7, 11) is 0. The molecule has 0 aliphatic heterocycles. The summed E-state index contributed by atoms with van der Waals surface area (Å²) in [5.74, 6) is -71.4. The molecule has 5 aromatic carbocycles. The molecule has 6 aromatic rings. The molecule has 1 aromatic heterocycles. The molecule has 0 saturated heterocycles. The molecule has 2 nitrogen and oxygen atoms in total. The first kappa shape index (κ1) is 46.9. The third-order valence-corrected chi connectivity index (χ3v) is 9.61. The molecular formula is C39H19BF20N2. The number of hydrogen-bond donors (Lipinski definition) is 0. The van der Waals surface area contributed by atoms with Crippen molar-refractivity contribution in [3.63, 3.8) is 0 Å². The van der Waals surface area contributed by atoms with Gasteiger partial charge in [0, 0.05) is 12.0 Å². The van der Waals surface area contributed by atoms with E-state index in [1.807, 2.05) is 12.4 Å². The molecule has 6 rings (SSSR count). The molecule has 0 aliphatic carbocycles. The maximum Gasteiger partial charge on any atom is 0.200 e. The van der Waals surface area contributed by atoms with Crippen LogP contribution in [0.25, 0.3) is 0 Å². The molecule has 0 unspecified atom stereocenters. The Morgan fingerprint density at radius 1 is 0.419 bits per heavy atom. The molecule has 0 radical (unpaired) electrons. The fraction of sp³-hybridized carbons (Fsp3) is 0.128. The summed E-state index contributed by atoms with van der Waals surface area (Å²) in [5.41, 5.74) is -11.7. The number of aromatic nitrogens is 2. The van der Waals surface area contributed by atoms with Gasteiger partial charge in [0.1, 0.15) is 52.7 Å². The van der Waals surface area contributed by atoms with Crippen molar-refractivity contribution in [2.75, 3.05) is 0 Å². The van der Waals surface area contributed by atoms with E-state index in [2.05, 4.69) is 53.0 Å². The van der Waals surface area contributed by atoms with E-state index in [4.69, 9.17) is 0 Å². The first-order chi connectivity index (χ1) is 29.1. The molecule has 0 N–H and O–H groups in total. The smallest absolute Gasteiger partial charge is 0.200 e. The number of aryl methyl sites for hydroxylation is 1. The number of benzene rings is 5. The molecule has 328 valence electrons. The van der Waals surface area contributed by atoms with Gasteiger partial charge in [0.15, 0.2) is 88.2 Å². The van der Waals surface area contributed by atoms with Crippen LogP contribution in [0.5, 0.6) is 0 Å². The zero-order valence-corrected chi connectivity index (χ0v) is 30.5. The van der Waals surface area contributed by atoms with Crippen LogP contribution in [-0.4, -0.2) is 11.1 Å². The highest BCUT2D eigenvalue weighted by molar-refractivity contribution is 7.20. The second-order valence-electron chi connectivity index (χ2n) is 13.1. The third kappa shape index (κ3) is 7.58. The highest BCUT2D eigenvalue weighted by Crippen LogP contribution is 2.30. The summed E-state index contributed by atoms with van der Waals surface area (Å²) in [5, 5.41) is 0. The Morgan fingerprint density at radius 3 is 1.00 bits per heavy atom. The van der Waals surface area contributed by atoms with Crippen LogP contribution < -0.4 is 26.4 Å². The van der Waals surface area contributed by atoms with E-state index >= 15 is 35.1 Å². The van der Waals surface area contributed by atoms with Crippen LogP contribution in [-0.2, 0) is 13.0 Å². The molecule has 0 aliphatic rings. The van der Waals surface area contributed by atoms with E-state index in [0.29, 0.717) is 0 Å². The summed E-state index contributed by atoms with van der Waals surface area (Å²) in [6.45, 7) is 3.15. The van der Waals surface area contributed by atoms with E-state index in [-0.39, 0.29) is 0 Å². The molecule has 23 heteroatoms. The van der Waals surface area contributed by atoms with Gasteiger partial charge in [0.05, 0.1) is 12.4 Å². The molecule has 0 spiro atoms. The monoisotopic (exact) mass is 906 g/mol. The lowest BCUT2D eigenvalue weighted by molar-refractivity contribution is -0.696. The summed E-state index contributed by atoms with van der Waals surface area (Å²) in [6.07, 6.45) is 2.25. The Bertz CT molecular complexity index is 2330. The van der Waals surface area contributed by atoms with Gasteiger partial charge in [0.25, 0.3) is 0 Å². The lowest BCUT2D eigenvalue weighted by atomic mass is 9.12. The van der Waals surface area contributed by atoms with E-state index in [1.54, 1.807) is 0 Å². The fourth-order valence-electron chi connectivity index (χ4n) is 6.79. The Hall–Kier alpha value is -6.16. The Kier molecular flexibility index (Phi) is 13.7. The van der Waals surface area contributed by atoms with E-state index in [1.165, 1.54) is 24.1 Å². The number of nitrogens with zero attached hydrogens (tertiary/aromatic N) is 2. The lowest BCUT2D eigenvalue weighted by Crippen LogP contribution is -2.81. The zero-order chi connectivity index (χ0) is 46.3. The van der Waals surface area contributed by atoms with Crippen LogP contribution in [0.4, 0.5) is 87.8 Å². The maximum atomic E-state index is 15.4. The van der Waals surface area contributed by atoms with Crippen molar-refractivity contribution < 1.29 is 92.4 Å². The average molecular weight is 906 g/mol. The molecule has 0 fully saturated rings. The number of hydrogen-bond acceptors (Lipinski definition) is 1. The lowest BCUT2D eigenvalue weighted by Gasteiger charge is -2.44. The van der Waals surface area contributed by atoms with Crippen LogP contribution >= 0.6 is 0 Å². The number of rotatable bonds is 9. The second kappa shape index (κ2) is 18.1. The Morgan fingerprint density at radius 2 is 0.710 bits per heavy atom. The Labute approximate surface area is 334 Å². The van der Waals surface area contributed by atoms with Gasteiger partial charge in [-0.15, -0.1) is 21.9 Å². The van der Waals surface area contributed by atoms with Crippen LogP contribution in [0, 0.1) is 116 Å². The normalized spacial score (nSPS) is 11.6. The number of halogens is 20. The van der Waals surface area contributed by atoms with E-state index in [9.17, 15) is 52.7 Å². The predicted molar refractivity (Wildman–Crippen MR) is 178 cm³/mol. The summed E-state index contributed by atoms with van der Waals surface area (Å²) >= 11 is 0. The van der Waals surface area contributed by atoms with Crippen molar-refractivity contribution in [2.24, 2.45) is 0 Å². The second-order valence-corrected chi connectivity index (χ2v) is 13.1. The SMILES string of the molecule is CCCCc1cncc[n+]1Cc1ccccc1.Fc1c(F)c(F)c([B-](c2c(F)c(F)c(F)c(F)c2F)(c2c(F)c(F)c(F)c(F)c2F)c2c(F)c(F)c(F)c(F)c2F)c(F)c1F.